The normalized spacial score (nSPS) is 10.1. The molecule has 25 heavy (non-hydrogen) atoms. The molecular formula is C16H17N5O3S. The van der Waals surface area contributed by atoms with E-state index in [4.69, 9.17) is 10.00 Å². The van der Waals surface area contributed by atoms with E-state index < -0.39 is 0 Å². The third-order valence-electron chi connectivity index (χ3n) is 3.30. The number of hydrogen-bond acceptors (Lipinski definition) is 7. The molecule has 0 aliphatic rings. The van der Waals surface area contributed by atoms with E-state index in [1.165, 1.54) is 12.0 Å². The lowest BCUT2D eigenvalue weighted by Crippen LogP contribution is -2.33. The average Bonchev–Trinajstić information content (AvgIpc) is 2.63. The zero-order valence-corrected chi connectivity index (χ0v) is 14.7. The lowest BCUT2D eigenvalue weighted by Gasteiger charge is -2.23. The predicted octanol–water partition coefficient (Wildman–Crippen LogP) is 1.52. The van der Waals surface area contributed by atoms with Crippen molar-refractivity contribution in [3.8, 4) is 11.8 Å². The first-order chi connectivity index (χ1) is 12.1. The first-order valence-electron chi connectivity index (χ1n) is 7.43. The van der Waals surface area contributed by atoms with Crippen LogP contribution in [-0.2, 0) is 4.79 Å². The Kier molecular flexibility index (Phi) is 6.54. The average molecular weight is 359 g/mol. The van der Waals surface area contributed by atoms with Crippen LogP contribution in [0.4, 0.5) is 5.69 Å². The molecule has 1 aromatic heterocycles. The van der Waals surface area contributed by atoms with Gasteiger partial charge in [0.1, 0.15) is 11.4 Å². The number of aryl methyl sites for hydroxylation is 1. The third kappa shape index (κ3) is 4.81. The number of hydrogen-bond donors (Lipinski definition) is 1. The Morgan fingerprint density at radius 1 is 1.40 bits per heavy atom. The van der Waals surface area contributed by atoms with Gasteiger partial charge in [-0.3, -0.25) is 14.6 Å². The summed E-state index contributed by atoms with van der Waals surface area (Å²) in [5.74, 6) is 0.354. The van der Waals surface area contributed by atoms with E-state index in [0.29, 0.717) is 11.4 Å². The number of aromatic nitrogens is 3. The van der Waals surface area contributed by atoms with Gasteiger partial charge in [0.15, 0.2) is 5.16 Å². The van der Waals surface area contributed by atoms with Crippen LogP contribution in [0.25, 0.3) is 0 Å². The van der Waals surface area contributed by atoms with Crippen LogP contribution in [0.1, 0.15) is 12.1 Å². The standard InChI is InChI=1S/C16H17N5O3S/c1-11-15(23)18-16(20-19-11)25-10-14(22)21(9-5-8-17)12-6-3-4-7-13(12)24-2/h3-4,6-7H,5,9-10H2,1-2H3,(H,18,20,23). The second-order valence-corrected chi connectivity index (χ2v) is 5.92. The maximum Gasteiger partial charge on any atom is 0.273 e. The minimum atomic E-state index is -0.337. The molecule has 0 radical (unpaired) electrons. The van der Waals surface area contributed by atoms with Crippen molar-refractivity contribution < 1.29 is 9.53 Å². The van der Waals surface area contributed by atoms with Gasteiger partial charge >= 0.3 is 0 Å². The first-order valence-corrected chi connectivity index (χ1v) is 8.42. The van der Waals surface area contributed by atoms with E-state index in [2.05, 4.69) is 15.2 Å². The summed E-state index contributed by atoms with van der Waals surface area (Å²) in [6, 6.07) is 9.14. The number of nitrogens with zero attached hydrogens (tertiary/aromatic N) is 4. The Labute approximate surface area is 148 Å². The van der Waals surface area contributed by atoms with E-state index in [1.54, 1.807) is 31.2 Å². The molecular weight excluding hydrogens is 342 g/mol. The molecule has 2 rings (SSSR count). The minimum absolute atomic E-state index is 0.0388. The van der Waals surface area contributed by atoms with Crippen molar-refractivity contribution in [1.29, 1.82) is 5.26 Å². The Bertz CT molecular complexity index is 846. The van der Waals surface area contributed by atoms with Gasteiger partial charge in [-0.15, -0.1) is 10.2 Å². The minimum Gasteiger partial charge on any atom is -0.495 e. The fraction of sp³-hybridized carbons (Fsp3) is 0.312. The largest absolute Gasteiger partial charge is 0.495 e. The highest BCUT2D eigenvalue weighted by Gasteiger charge is 2.19. The summed E-state index contributed by atoms with van der Waals surface area (Å²) >= 11 is 1.08. The van der Waals surface area contributed by atoms with Gasteiger partial charge in [0, 0.05) is 6.54 Å². The smallest absolute Gasteiger partial charge is 0.273 e. The predicted molar refractivity (Wildman–Crippen MR) is 93.7 cm³/mol. The van der Waals surface area contributed by atoms with Gasteiger partial charge in [0.2, 0.25) is 5.91 Å². The lowest BCUT2D eigenvalue weighted by atomic mass is 10.2. The van der Waals surface area contributed by atoms with E-state index in [-0.39, 0.29) is 41.0 Å². The summed E-state index contributed by atoms with van der Waals surface area (Å²) in [7, 11) is 1.52. The van der Waals surface area contributed by atoms with E-state index in [9.17, 15) is 9.59 Å². The molecule has 1 N–H and O–H groups in total. The number of methoxy groups -OCH3 is 1. The molecule has 0 atom stereocenters. The number of carbonyl (C=O) groups excluding carboxylic acids is 1. The number of nitriles is 1. The van der Waals surface area contributed by atoms with Crippen molar-refractivity contribution in [2.75, 3.05) is 24.3 Å². The number of amides is 1. The molecule has 0 bridgehead atoms. The van der Waals surface area contributed by atoms with Crippen molar-refractivity contribution in [1.82, 2.24) is 15.2 Å². The van der Waals surface area contributed by atoms with Crippen LogP contribution in [0.5, 0.6) is 5.75 Å². The fourth-order valence-electron chi connectivity index (χ4n) is 2.05. The highest BCUT2D eigenvalue weighted by Crippen LogP contribution is 2.28. The van der Waals surface area contributed by atoms with Gasteiger partial charge in [0.25, 0.3) is 5.56 Å². The van der Waals surface area contributed by atoms with Crippen LogP contribution >= 0.6 is 11.8 Å². The van der Waals surface area contributed by atoms with Crippen LogP contribution in [0.2, 0.25) is 0 Å². The Morgan fingerprint density at radius 2 is 2.16 bits per heavy atom. The van der Waals surface area contributed by atoms with Gasteiger partial charge in [0.05, 0.1) is 31.0 Å². The number of rotatable bonds is 7. The fourth-order valence-corrected chi connectivity index (χ4v) is 2.72. The van der Waals surface area contributed by atoms with Gasteiger partial charge in [-0.2, -0.15) is 5.26 Å². The highest BCUT2D eigenvalue weighted by atomic mass is 32.2. The molecule has 0 aliphatic heterocycles. The van der Waals surface area contributed by atoms with E-state index >= 15 is 0 Å². The molecule has 1 amide bonds. The van der Waals surface area contributed by atoms with Gasteiger partial charge in [-0.1, -0.05) is 23.9 Å². The molecule has 0 aliphatic carbocycles. The number of benzene rings is 1. The van der Waals surface area contributed by atoms with Crippen molar-refractivity contribution in [3.63, 3.8) is 0 Å². The molecule has 0 fully saturated rings. The highest BCUT2D eigenvalue weighted by molar-refractivity contribution is 7.99. The topological polar surface area (TPSA) is 112 Å². The Balaban J connectivity index is 2.16. The quantitative estimate of drug-likeness (QED) is 0.746. The van der Waals surface area contributed by atoms with E-state index in [1.807, 2.05) is 6.07 Å². The lowest BCUT2D eigenvalue weighted by molar-refractivity contribution is -0.116. The summed E-state index contributed by atoms with van der Waals surface area (Å²) in [4.78, 5) is 28.2. The second-order valence-electron chi connectivity index (χ2n) is 4.96. The SMILES string of the molecule is COc1ccccc1N(CCC#N)C(=O)CSc1nnc(C)c(=O)[nH]1. The summed E-state index contributed by atoms with van der Waals surface area (Å²) in [6.07, 6.45) is 0.190. The van der Waals surface area contributed by atoms with Gasteiger partial charge < -0.3 is 9.64 Å². The maximum atomic E-state index is 12.6. The molecule has 9 heteroatoms. The van der Waals surface area contributed by atoms with Crippen molar-refractivity contribution in [2.24, 2.45) is 0 Å². The molecule has 0 spiro atoms. The van der Waals surface area contributed by atoms with E-state index in [0.717, 1.165) is 11.8 Å². The van der Waals surface area contributed by atoms with Crippen LogP contribution < -0.4 is 15.2 Å². The number of para-hydroxylation sites is 2. The summed E-state index contributed by atoms with van der Waals surface area (Å²) in [6.45, 7) is 1.79. The number of H-pyrrole nitrogens is 1. The molecule has 1 aromatic carbocycles. The zero-order chi connectivity index (χ0) is 18.2. The van der Waals surface area contributed by atoms with Crippen LogP contribution in [0, 0.1) is 18.3 Å². The summed E-state index contributed by atoms with van der Waals surface area (Å²) < 4.78 is 5.29. The van der Waals surface area contributed by atoms with Crippen LogP contribution in [0.15, 0.2) is 34.2 Å². The maximum absolute atomic E-state index is 12.6. The van der Waals surface area contributed by atoms with Crippen molar-refractivity contribution >= 4 is 23.4 Å². The zero-order valence-electron chi connectivity index (χ0n) is 13.9. The van der Waals surface area contributed by atoms with Crippen LogP contribution in [-0.4, -0.2) is 40.5 Å². The molecule has 0 saturated heterocycles. The van der Waals surface area contributed by atoms with Gasteiger partial charge in [-0.05, 0) is 19.1 Å². The number of carbonyl (C=O) groups is 1. The first kappa shape index (κ1) is 18.5. The van der Waals surface area contributed by atoms with Crippen molar-refractivity contribution in [3.05, 3.63) is 40.3 Å². The number of nitrogens with one attached hydrogen (secondary N) is 1. The number of ether oxygens (including phenoxy) is 1. The van der Waals surface area contributed by atoms with Gasteiger partial charge in [-0.25, -0.2) is 0 Å². The molecule has 0 unspecified atom stereocenters. The number of aromatic amines is 1. The summed E-state index contributed by atoms with van der Waals surface area (Å²) in [5.41, 5.74) is 0.519. The monoisotopic (exact) mass is 359 g/mol. The molecule has 2 aromatic rings. The molecule has 1 heterocycles. The molecule has 8 nitrogen and oxygen atoms in total. The molecule has 130 valence electrons. The third-order valence-corrected chi connectivity index (χ3v) is 4.14. The Morgan fingerprint density at radius 3 is 2.84 bits per heavy atom. The van der Waals surface area contributed by atoms with Crippen molar-refractivity contribution in [2.45, 2.75) is 18.5 Å². The van der Waals surface area contributed by atoms with Crippen LogP contribution in [0.3, 0.4) is 0 Å². The number of thioether (sulfide) groups is 1. The number of anilines is 1. The molecule has 0 saturated carbocycles. The second kappa shape index (κ2) is 8.84. The summed E-state index contributed by atoms with van der Waals surface area (Å²) in [5, 5.41) is 16.7. The Hall–Kier alpha value is -2.86.